The molecule has 0 spiro atoms. The number of rotatable bonds is 9. The number of fused-ring (bicyclic) bond motifs is 1. The Hall–Kier alpha value is -2.69. The van der Waals surface area contributed by atoms with Crippen LogP contribution in [-0.4, -0.2) is 71.4 Å². The van der Waals surface area contributed by atoms with Crippen LogP contribution >= 0.6 is 11.3 Å². The number of methoxy groups -OCH3 is 1. The van der Waals surface area contributed by atoms with Crippen LogP contribution in [0.5, 0.6) is 11.5 Å². The summed E-state index contributed by atoms with van der Waals surface area (Å²) in [6.45, 7) is 0.864. The molecule has 1 amide bonds. The summed E-state index contributed by atoms with van der Waals surface area (Å²) < 4.78 is 35.4. The van der Waals surface area contributed by atoms with E-state index in [0.717, 1.165) is 6.26 Å². The molecule has 0 aliphatic rings. The van der Waals surface area contributed by atoms with E-state index in [-0.39, 0.29) is 17.4 Å². The lowest BCUT2D eigenvalue weighted by Crippen LogP contribution is -2.39. The zero-order valence-corrected chi connectivity index (χ0v) is 19.5. The first-order valence-electron chi connectivity index (χ1n) is 9.50. The van der Waals surface area contributed by atoms with Crippen molar-refractivity contribution in [2.75, 3.05) is 52.1 Å². The Labute approximate surface area is 185 Å². The molecule has 0 bridgehead atoms. The number of sulfone groups is 1. The number of carbonyl (C=O) groups excluding carboxylic acids is 1. The van der Waals surface area contributed by atoms with Gasteiger partial charge in [-0.1, -0.05) is 23.5 Å². The quantitative estimate of drug-likeness (QED) is 0.482. The third-order valence-electron chi connectivity index (χ3n) is 4.50. The molecule has 0 radical (unpaired) electrons. The molecular weight excluding hydrogens is 438 g/mol. The molecule has 0 atom stereocenters. The Bertz CT molecular complexity index is 1170. The van der Waals surface area contributed by atoms with Crippen molar-refractivity contribution in [3.8, 4) is 11.5 Å². The van der Waals surface area contributed by atoms with Crippen LogP contribution in [0.4, 0.5) is 5.13 Å². The van der Waals surface area contributed by atoms with Gasteiger partial charge in [0.2, 0.25) is 0 Å². The van der Waals surface area contributed by atoms with E-state index in [9.17, 15) is 13.2 Å². The van der Waals surface area contributed by atoms with Gasteiger partial charge in [0, 0.05) is 19.3 Å². The molecule has 0 fully saturated rings. The Morgan fingerprint density at radius 1 is 1.10 bits per heavy atom. The Kier molecular flexibility index (Phi) is 7.14. The van der Waals surface area contributed by atoms with Crippen molar-refractivity contribution in [1.29, 1.82) is 0 Å². The van der Waals surface area contributed by atoms with Gasteiger partial charge in [-0.3, -0.25) is 9.69 Å². The van der Waals surface area contributed by atoms with Gasteiger partial charge in [-0.2, -0.15) is 0 Å². The van der Waals surface area contributed by atoms with Gasteiger partial charge in [-0.25, -0.2) is 13.4 Å². The highest BCUT2D eigenvalue weighted by Crippen LogP contribution is 2.31. The van der Waals surface area contributed by atoms with E-state index in [1.807, 2.05) is 25.1 Å². The minimum atomic E-state index is -3.33. The zero-order valence-electron chi connectivity index (χ0n) is 17.9. The average molecular weight is 464 g/mol. The van der Waals surface area contributed by atoms with Crippen LogP contribution in [0, 0.1) is 0 Å². The van der Waals surface area contributed by atoms with Crippen LogP contribution in [0.1, 0.15) is 0 Å². The molecule has 0 saturated carbocycles. The van der Waals surface area contributed by atoms with Crippen molar-refractivity contribution >= 4 is 42.4 Å². The SMILES string of the molecule is COc1ccccc1OCC(=O)N(CCN(C)C)c1nc2ccc(S(C)(=O)=O)cc2s1. The van der Waals surface area contributed by atoms with Gasteiger partial charge in [0.25, 0.3) is 5.91 Å². The summed E-state index contributed by atoms with van der Waals surface area (Å²) in [4.78, 5) is 21.4. The first kappa shape index (κ1) is 23.0. The lowest BCUT2D eigenvalue weighted by Gasteiger charge is -2.22. The Morgan fingerprint density at radius 2 is 1.81 bits per heavy atom. The van der Waals surface area contributed by atoms with Crippen molar-refractivity contribution in [3.63, 3.8) is 0 Å². The molecule has 3 rings (SSSR count). The van der Waals surface area contributed by atoms with Gasteiger partial charge in [0.05, 0.1) is 22.2 Å². The molecule has 10 heteroatoms. The van der Waals surface area contributed by atoms with Crippen LogP contribution in [0.2, 0.25) is 0 Å². The summed E-state index contributed by atoms with van der Waals surface area (Å²) >= 11 is 1.28. The maximum absolute atomic E-state index is 13.0. The standard InChI is InChI=1S/C21H25N3O5S2/c1-23(2)11-12-24(20(25)14-29-18-8-6-5-7-17(18)28-3)21-22-16-10-9-15(31(4,26)27)13-19(16)30-21/h5-10,13H,11-12,14H2,1-4H3. The normalized spacial score (nSPS) is 11.6. The molecule has 0 aliphatic carbocycles. The van der Waals surface area contributed by atoms with E-state index in [1.54, 1.807) is 42.3 Å². The number of para-hydroxylation sites is 2. The molecule has 3 aromatic rings. The third-order valence-corrected chi connectivity index (χ3v) is 6.65. The summed E-state index contributed by atoms with van der Waals surface area (Å²) in [7, 11) is 2.05. The van der Waals surface area contributed by atoms with Gasteiger partial charge < -0.3 is 14.4 Å². The average Bonchev–Trinajstić information content (AvgIpc) is 3.14. The van der Waals surface area contributed by atoms with Crippen molar-refractivity contribution in [3.05, 3.63) is 42.5 Å². The van der Waals surface area contributed by atoms with Gasteiger partial charge in [0.1, 0.15) is 0 Å². The molecule has 0 unspecified atom stereocenters. The van der Waals surface area contributed by atoms with E-state index >= 15 is 0 Å². The van der Waals surface area contributed by atoms with Crippen LogP contribution in [-0.2, 0) is 14.6 Å². The summed E-state index contributed by atoms with van der Waals surface area (Å²) in [5.41, 5.74) is 0.640. The smallest absolute Gasteiger partial charge is 0.266 e. The molecule has 31 heavy (non-hydrogen) atoms. The largest absolute Gasteiger partial charge is 0.493 e. The maximum Gasteiger partial charge on any atom is 0.266 e. The Balaban J connectivity index is 1.86. The van der Waals surface area contributed by atoms with E-state index in [1.165, 1.54) is 17.4 Å². The zero-order chi connectivity index (χ0) is 22.6. The van der Waals surface area contributed by atoms with Crippen LogP contribution in [0.25, 0.3) is 10.2 Å². The summed E-state index contributed by atoms with van der Waals surface area (Å²) in [6, 6.07) is 11.9. The molecule has 166 valence electrons. The molecule has 1 aromatic heterocycles. The van der Waals surface area contributed by atoms with Gasteiger partial charge in [0.15, 0.2) is 33.1 Å². The lowest BCUT2D eigenvalue weighted by atomic mass is 10.3. The van der Waals surface area contributed by atoms with E-state index < -0.39 is 9.84 Å². The van der Waals surface area contributed by atoms with Crippen LogP contribution in [0.3, 0.4) is 0 Å². The molecule has 0 saturated heterocycles. The van der Waals surface area contributed by atoms with E-state index in [0.29, 0.717) is 39.9 Å². The number of likely N-dealkylation sites (N-methyl/N-ethyl adjacent to an activating group) is 1. The summed E-state index contributed by atoms with van der Waals surface area (Å²) in [5, 5.41) is 0.496. The molecule has 2 aromatic carbocycles. The number of amides is 1. The molecule has 1 heterocycles. The number of nitrogens with zero attached hydrogens (tertiary/aromatic N) is 3. The predicted octanol–water partition coefficient (Wildman–Crippen LogP) is 2.68. The number of hydrogen-bond donors (Lipinski definition) is 0. The maximum atomic E-state index is 13.0. The fourth-order valence-corrected chi connectivity index (χ4v) is 4.59. The fraction of sp³-hybridized carbons (Fsp3) is 0.333. The van der Waals surface area contributed by atoms with Gasteiger partial charge >= 0.3 is 0 Å². The lowest BCUT2D eigenvalue weighted by molar-refractivity contribution is -0.120. The van der Waals surface area contributed by atoms with Crippen LogP contribution < -0.4 is 14.4 Å². The topological polar surface area (TPSA) is 89.0 Å². The van der Waals surface area contributed by atoms with E-state index in [4.69, 9.17) is 9.47 Å². The monoisotopic (exact) mass is 463 g/mol. The number of benzene rings is 2. The van der Waals surface area contributed by atoms with Crippen molar-refractivity contribution in [2.45, 2.75) is 4.90 Å². The van der Waals surface area contributed by atoms with Crippen molar-refractivity contribution in [1.82, 2.24) is 9.88 Å². The summed E-state index contributed by atoms with van der Waals surface area (Å²) in [6.07, 6.45) is 1.16. The van der Waals surface area contributed by atoms with E-state index in [2.05, 4.69) is 4.98 Å². The van der Waals surface area contributed by atoms with Crippen molar-refractivity contribution in [2.24, 2.45) is 0 Å². The molecule has 8 nitrogen and oxygen atoms in total. The summed E-state index contributed by atoms with van der Waals surface area (Å²) in [5.74, 6) is 0.770. The third kappa shape index (κ3) is 5.72. The van der Waals surface area contributed by atoms with Crippen LogP contribution in [0.15, 0.2) is 47.4 Å². The van der Waals surface area contributed by atoms with Crippen molar-refractivity contribution < 1.29 is 22.7 Å². The molecule has 0 aliphatic heterocycles. The minimum absolute atomic E-state index is 0.182. The highest BCUT2D eigenvalue weighted by molar-refractivity contribution is 7.90. The first-order valence-corrected chi connectivity index (χ1v) is 12.2. The second kappa shape index (κ2) is 9.63. The second-order valence-electron chi connectivity index (χ2n) is 7.19. The fourth-order valence-electron chi connectivity index (χ4n) is 2.82. The highest BCUT2D eigenvalue weighted by atomic mass is 32.2. The number of carbonyl (C=O) groups is 1. The second-order valence-corrected chi connectivity index (χ2v) is 10.2. The number of hydrogen-bond acceptors (Lipinski definition) is 8. The highest BCUT2D eigenvalue weighted by Gasteiger charge is 2.21. The predicted molar refractivity (Wildman–Crippen MR) is 122 cm³/mol. The van der Waals surface area contributed by atoms with Gasteiger partial charge in [-0.05, 0) is 44.4 Å². The molecular formula is C21H25N3O5S2. The Morgan fingerprint density at radius 3 is 2.45 bits per heavy atom. The first-order chi connectivity index (χ1) is 14.7. The number of ether oxygens (including phenoxy) is 2. The number of anilines is 1. The minimum Gasteiger partial charge on any atom is -0.493 e. The number of thiazole rings is 1. The number of aromatic nitrogens is 1. The molecule has 0 N–H and O–H groups in total. The van der Waals surface area contributed by atoms with Gasteiger partial charge in [-0.15, -0.1) is 0 Å².